The molecule has 4 heteroatoms. The lowest BCUT2D eigenvalue weighted by atomic mass is 10.1. The zero-order valence-corrected chi connectivity index (χ0v) is 10.2. The zero-order chi connectivity index (χ0) is 12.4. The van der Waals surface area contributed by atoms with Crippen molar-refractivity contribution in [2.45, 2.75) is 19.9 Å². The molecule has 1 unspecified atom stereocenters. The fourth-order valence-electron chi connectivity index (χ4n) is 1.64. The minimum atomic E-state index is -0.209. The van der Waals surface area contributed by atoms with Gasteiger partial charge in [0, 0.05) is 0 Å². The van der Waals surface area contributed by atoms with Crippen molar-refractivity contribution in [2.24, 2.45) is 5.73 Å². The van der Waals surface area contributed by atoms with Crippen LogP contribution in [0.25, 0.3) is 11.3 Å². The van der Waals surface area contributed by atoms with Crippen molar-refractivity contribution >= 4 is 0 Å². The monoisotopic (exact) mass is 232 g/mol. The highest BCUT2D eigenvalue weighted by Crippen LogP contribution is 2.31. The Balaban J connectivity index is 2.47. The SMILES string of the molecule is COc1ccc(C)cc1-c1cnc(C(C)N)o1. The number of hydrogen-bond donors (Lipinski definition) is 1. The summed E-state index contributed by atoms with van der Waals surface area (Å²) in [4.78, 5) is 4.15. The molecular formula is C13H16N2O2. The van der Waals surface area contributed by atoms with Gasteiger partial charge in [0.05, 0.1) is 24.9 Å². The van der Waals surface area contributed by atoms with E-state index in [1.807, 2.05) is 32.0 Å². The summed E-state index contributed by atoms with van der Waals surface area (Å²) in [5.74, 6) is 1.98. The number of benzene rings is 1. The fourth-order valence-corrected chi connectivity index (χ4v) is 1.64. The normalized spacial score (nSPS) is 12.5. The Kier molecular flexibility index (Phi) is 3.15. The highest BCUT2D eigenvalue weighted by molar-refractivity contribution is 5.66. The van der Waals surface area contributed by atoms with Crippen LogP contribution in [0.5, 0.6) is 5.75 Å². The summed E-state index contributed by atoms with van der Waals surface area (Å²) in [7, 11) is 1.64. The summed E-state index contributed by atoms with van der Waals surface area (Å²) in [5.41, 5.74) is 7.75. The molecular weight excluding hydrogens is 216 g/mol. The third kappa shape index (κ3) is 2.31. The lowest BCUT2D eigenvalue weighted by Crippen LogP contribution is -2.04. The van der Waals surface area contributed by atoms with E-state index in [1.54, 1.807) is 13.3 Å². The summed E-state index contributed by atoms with van der Waals surface area (Å²) >= 11 is 0. The first kappa shape index (κ1) is 11.7. The standard InChI is InChI=1S/C13H16N2O2/c1-8-4-5-11(16-3)10(6-8)12-7-15-13(17-12)9(2)14/h4-7,9H,14H2,1-3H3. The molecule has 0 saturated heterocycles. The molecule has 17 heavy (non-hydrogen) atoms. The van der Waals surface area contributed by atoms with Gasteiger partial charge in [0.1, 0.15) is 5.75 Å². The maximum absolute atomic E-state index is 5.72. The summed E-state index contributed by atoms with van der Waals surface area (Å²) in [6, 6.07) is 5.70. The smallest absolute Gasteiger partial charge is 0.211 e. The Hall–Kier alpha value is -1.81. The van der Waals surface area contributed by atoms with Crippen molar-refractivity contribution < 1.29 is 9.15 Å². The molecule has 2 rings (SSSR count). The van der Waals surface area contributed by atoms with E-state index in [0.29, 0.717) is 11.7 Å². The highest BCUT2D eigenvalue weighted by Gasteiger charge is 2.13. The molecule has 1 atom stereocenters. The highest BCUT2D eigenvalue weighted by atomic mass is 16.5. The molecule has 0 amide bonds. The van der Waals surface area contributed by atoms with Crippen LogP contribution in [0.1, 0.15) is 24.4 Å². The number of oxazole rings is 1. The molecule has 1 heterocycles. The lowest BCUT2D eigenvalue weighted by Gasteiger charge is -2.06. The summed E-state index contributed by atoms with van der Waals surface area (Å²) in [6.07, 6.45) is 1.68. The van der Waals surface area contributed by atoms with Crippen LogP contribution in [0.2, 0.25) is 0 Å². The second-order valence-electron chi connectivity index (χ2n) is 4.06. The van der Waals surface area contributed by atoms with E-state index in [2.05, 4.69) is 4.98 Å². The predicted octanol–water partition coefficient (Wildman–Crippen LogP) is 2.68. The van der Waals surface area contributed by atoms with Crippen LogP contribution in [-0.2, 0) is 0 Å². The number of methoxy groups -OCH3 is 1. The van der Waals surface area contributed by atoms with Crippen LogP contribution in [0.3, 0.4) is 0 Å². The van der Waals surface area contributed by atoms with Gasteiger partial charge in [0.2, 0.25) is 5.89 Å². The first-order chi connectivity index (χ1) is 8.11. The van der Waals surface area contributed by atoms with Crippen LogP contribution >= 0.6 is 0 Å². The van der Waals surface area contributed by atoms with Gasteiger partial charge >= 0.3 is 0 Å². The zero-order valence-electron chi connectivity index (χ0n) is 10.2. The van der Waals surface area contributed by atoms with Crippen molar-refractivity contribution in [3.05, 3.63) is 35.9 Å². The quantitative estimate of drug-likeness (QED) is 0.883. The van der Waals surface area contributed by atoms with Crippen LogP contribution < -0.4 is 10.5 Å². The minimum absolute atomic E-state index is 0.209. The number of aryl methyl sites for hydroxylation is 1. The second-order valence-corrected chi connectivity index (χ2v) is 4.06. The van der Waals surface area contributed by atoms with Gasteiger partial charge < -0.3 is 14.9 Å². The molecule has 2 N–H and O–H groups in total. The molecule has 2 aromatic rings. The van der Waals surface area contributed by atoms with Gasteiger partial charge in [-0.15, -0.1) is 0 Å². The molecule has 0 aliphatic carbocycles. The Bertz CT molecular complexity index is 518. The van der Waals surface area contributed by atoms with Crippen molar-refractivity contribution in [1.29, 1.82) is 0 Å². The molecule has 1 aromatic carbocycles. The van der Waals surface area contributed by atoms with Crippen LogP contribution in [0, 0.1) is 6.92 Å². The molecule has 0 fully saturated rings. The van der Waals surface area contributed by atoms with Gasteiger partial charge in [0.15, 0.2) is 5.76 Å². The molecule has 0 aliphatic rings. The van der Waals surface area contributed by atoms with Gasteiger partial charge in [-0.2, -0.15) is 0 Å². The molecule has 0 saturated carbocycles. The van der Waals surface area contributed by atoms with Gasteiger partial charge in [-0.3, -0.25) is 0 Å². The molecule has 0 bridgehead atoms. The van der Waals surface area contributed by atoms with Crippen LogP contribution in [-0.4, -0.2) is 12.1 Å². The van der Waals surface area contributed by atoms with Gasteiger partial charge in [-0.1, -0.05) is 11.6 Å². The van der Waals surface area contributed by atoms with Crippen molar-refractivity contribution in [3.63, 3.8) is 0 Å². The number of aromatic nitrogens is 1. The number of rotatable bonds is 3. The van der Waals surface area contributed by atoms with Crippen molar-refractivity contribution in [1.82, 2.24) is 4.98 Å². The van der Waals surface area contributed by atoms with E-state index < -0.39 is 0 Å². The second kappa shape index (κ2) is 4.59. The molecule has 90 valence electrons. The van der Waals surface area contributed by atoms with E-state index in [0.717, 1.165) is 16.9 Å². The van der Waals surface area contributed by atoms with E-state index in [9.17, 15) is 0 Å². The minimum Gasteiger partial charge on any atom is -0.496 e. The Morgan fingerprint density at radius 2 is 2.18 bits per heavy atom. The molecule has 0 aliphatic heterocycles. The Morgan fingerprint density at radius 3 is 2.76 bits per heavy atom. The average molecular weight is 232 g/mol. The maximum Gasteiger partial charge on any atom is 0.211 e. The topological polar surface area (TPSA) is 61.3 Å². The molecule has 1 aromatic heterocycles. The summed E-state index contributed by atoms with van der Waals surface area (Å²) in [5, 5.41) is 0. The van der Waals surface area contributed by atoms with Crippen molar-refractivity contribution in [2.75, 3.05) is 7.11 Å². The third-order valence-electron chi connectivity index (χ3n) is 2.53. The average Bonchev–Trinajstić information content (AvgIpc) is 2.78. The van der Waals surface area contributed by atoms with Gasteiger partial charge in [0.25, 0.3) is 0 Å². The first-order valence-corrected chi connectivity index (χ1v) is 5.48. The molecule has 4 nitrogen and oxygen atoms in total. The molecule has 0 radical (unpaired) electrons. The van der Waals surface area contributed by atoms with E-state index >= 15 is 0 Å². The molecule has 0 spiro atoms. The van der Waals surface area contributed by atoms with E-state index in [1.165, 1.54) is 0 Å². The number of nitrogens with two attached hydrogens (primary N) is 1. The maximum atomic E-state index is 5.72. The Morgan fingerprint density at radius 1 is 1.41 bits per heavy atom. The predicted molar refractivity (Wildman–Crippen MR) is 65.8 cm³/mol. The lowest BCUT2D eigenvalue weighted by molar-refractivity contribution is 0.412. The Labute approximate surface area is 100 Å². The number of ether oxygens (including phenoxy) is 1. The van der Waals surface area contributed by atoms with E-state index in [4.69, 9.17) is 14.9 Å². The van der Waals surface area contributed by atoms with Crippen LogP contribution in [0.4, 0.5) is 0 Å². The first-order valence-electron chi connectivity index (χ1n) is 5.48. The third-order valence-corrected chi connectivity index (χ3v) is 2.53. The summed E-state index contributed by atoms with van der Waals surface area (Å²) in [6.45, 7) is 3.86. The number of nitrogens with zero attached hydrogens (tertiary/aromatic N) is 1. The fraction of sp³-hybridized carbons (Fsp3) is 0.308. The van der Waals surface area contributed by atoms with Gasteiger partial charge in [-0.05, 0) is 26.0 Å². The van der Waals surface area contributed by atoms with Crippen molar-refractivity contribution in [3.8, 4) is 17.1 Å². The van der Waals surface area contributed by atoms with E-state index in [-0.39, 0.29) is 6.04 Å². The van der Waals surface area contributed by atoms with Gasteiger partial charge in [-0.25, -0.2) is 4.98 Å². The largest absolute Gasteiger partial charge is 0.496 e. The summed E-state index contributed by atoms with van der Waals surface area (Å²) < 4.78 is 10.9. The number of hydrogen-bond acceptors (Lipinski definition) is 4. The van der Waals surface area contributed by atoms with Crippen LogP contribution in [0.15, 0.2) is 28.8 Å².